The molecule has 0 saturated heterocycles. The Morgan fingerprint density at radius 2 is 2.06 bits per heavy atom. The molecule has 16 heavy (non-hydrogen) atoms. The van der Waals surface area contributed by atoms with E-state index in [0.717, 1.165) is 4.68 Å². The second-order valence-corrected chi connectivity index (χ2v) is 5.49. The lowest BCUT2D eigenvalue weighted by Crippen LogP contribution is -2.37. The molecule has 0 amide bonds. The number of anilines is 1. The average molecular weight is 264 g/mol. The molecule has 8 heteroatoms. The molecule has 1 saturated carbocycles. The molecule has 1 heterocycles. The predicted molar refractivity (Wildman–Crippen MR) is 62.4 cm³/mol. The van der Waals surface area contributed by atoms with Gasteiger partial charge in [-0.15, -0.1) is 33.4 Å². The Morgan fingerprint density at radius 3 is 2.50 bits per heavy atom. The van der Waals surface area contributed by atoms with E-state index in [2.05, 4.69) is 15.5 Å². The summed E-state index contributed by atoms with van der Waals surface area (Å²) in [7, 11) is 1.60. The number of rotatable bonds is 2. The quantitative estimate of drug-likeness (QED) is 0.590. The van der Waals surface area contributed by atoms with Crippen LogP contribution in [0.3, 0.4) is 0 Å². The summed E-state index contributed by atoms with van der Waals surface area (Å²) in [6.07, 6.45) is 0.464. The number of hydrogen-bond acceptors (Lipinski definition) is 5. The summed E-state index contributed by atoms with van der Waals surface area (Å²) < 4.78 is -0.0647. The molecule has 1 fully saturated rings. The minimum absolute atomic E-state index is 0.188. The minimum Gasteiger partial charge on any atom is -0.356 e. The normalized spacial score (nSPS) is 26.5. The second-order valence-electron chi connectivity index (χ2n) is 4.01. The van der Waals surface area contributed by atoms with Gasteiger partial charge in [0, 0.05) is 7.05 Å². The van der Waals surface area contributed by atoms with Gasteiger partial charge in [0.2, 0.25) is 5.95 Å². The van der Waals surface area contributed by atoms with E-state index in [-0.39, 0.29) is 11.6 Å². The highest BCUT2D eigenvalue weighted by molar-refractivity contribution is 6.52. The number of alkyl halides is 2. The Morgan fingerprint density at radius 1 is 1.50 bits per heavy atom. The number of halogens is 2. The maximum absolute atomic E-state index is 11.9. The van der Waals surface area contributed by atoms with Crippen LogP contribution in [0.1, 0.15) is 19.0 Å². The fourth-order valence-corrected chi connectivity index (χ4v) is 2.29. The van der Waals surface area contributed by atoms with Crippen LogP contribution in [-0.2, 0) is 5.41 Å². The van der Waals surface area contributed by atoms with Crippen LogP contribution in [0.5, 0.6) is 0 Å². The van der Waals surface area contributed by atoms with Gasteiger partial charge in [0.1, 0.15) is 10.0 Å². The summed E-state index contributed by atoms with van der Waals surface area (Å²) in [5.74, 6) is 5.75. The molecule has 1 aliphatic rings. The third-order valence-electron chi connectivity index (χ3n) is 2.90. The van der Waals surface area contributed by atoms with Gasteiger partial charge in [-0.25, -0.2) is 0 Å². The molecule has 0 bridgehead atoms. The SMILES string of the molecule is CNc1nnc(C2(C)CC2(Cl)Cl)c(=O)n1N. The molecular formula is C8H11Cl2N5O. The van der Waals surface area contributed by atoms with Crippen LogP contribution in [0.15, 0.2) is 4.79 Å². The zero-order valence-electron chi connectivity index (χ0n) is 8.79. The summed E-state index contributed by atoms with van der Waals surface area (Å²) in [6.45, 7) is 1.76. The lowest BCUT2D eigenvalue weighted by molar-refractivity contribution is 0.665. The van der Waals surface area contributed by atoms with Gasteiger partial charge in [0.15, 0.2) is 0 Å². The molecule has 1 aromatic heterocycles. The molecule has 6 nitrogen and oxygen atoms in total. The molecule has 1 unspecified atom stereocenters. The van der Waals surface area contributed by atoms with Crippen LogP contribution in [0.4, 0.5) is 5.95 Å². The number of nitrogens with zero attached hydrogens (tertiary/aromatic N) is 3. The van der Waals surface area contributed by atoms with Crippen LogP contribution in [0, 0.1) is 0 Å². The molecule has 1 atom stereocenters. The summed E-state index contributed by atoms with van der Waals surface area (Å²) in [4.78, 5) is 11.9. The standard InChI is InChI=1S/C8H11Cl2N5O/c1-7(3-8(7,9)10)4-5(16)15(11)6(12-2)14-13-4/h3,11H2,1-2H3,(H,12,14). The first-order chi connectivity index (χ1) is 7.33. The van der Waals surface area contributed by atoms with Crippen LogP contribution >= 0.6 is 23.2 Å². The Labute approximate surface area is 102 Å². The van der Waals surface area contributed by atoms with Crippen molar-refractivity contribution in [1.82, 2.24) is 14.9 Å². The second kappa shape index (κ2) is 3.24. The molecule has 88 valence electrons. The zero-order valence-corrected chi connectivity index (χ0v) is 10.3. The van der Waals surface area contributed by atoms with Crippen molar-refractivity contribution in [2.24, 2.45) is 0 Å². The van der Waals surface area contributed by atoms with Crippen molar-refractivity contribution in [3.63, 3.8) is 0 Å². The average Bonchev–Trinajstić information content (AvgIpc) is 2.71. The molecule has 0 spiro atoms. The molecule has 1 aromatic rings. The van der Waals surface area contributed by atoms with E-state index < -0.39 is 15.3 Å². The van der Waals surface area contributed by atoms with Crippen molar-refractivity contribution in [2.45, 2.75) is 23.1 Å². The summed E-state index contributed by atoms with van der Waals surface area (Å²) in [5.41, 5.74) is -0.919. The maximum atomic E-state index is 11.9. The number of aromatic nitrogens is 3. The van der Waals surface area contributed by atoms with Crippen LogP contribution < -0.4 is 16.7 Å². The first-order valence-corrected chi connectivity index (χ1v) is 5.40. The third kappa shape index (κ3) is 1.36. The molecule has 0 aliphatic heterocycles. The monoisotopic (exact) mass is 263 g/mol. The van der Waals surface area contributed by atoms with E-state index in [4.69, 9.17) is 29.0 Å². The van der Waals surface area contributed by atoms with Crippen molar-refractivity contribution in [2.75, 3.05) is 18.2 Å². The van der Waals surface area contributed by atoms with Crippen molar-refractivity contribution >= 4 is 29.2 Å². The van der Waals surface area contributed by atoms with Gasteiger partial charge in [0.25, 0.3) is 5.56 Å². The molecule has 2 rings (SSSR count). The van der Waals surface area contributed by atoms with Crippen molar-refractivity contribution in [3.8, 4) is 0 Å². The van der Waals surface area contributed by atoms with Gasteiger partial charge in [-0.3, -0.25) is 4.79 Å². The lowest BCUT2D eigenvalue weighted by Gasteiger charge is -2.12. The molecule has 0 radical (unpaired) electrons. The van der Waals surface area contributed by atoms with Crippen molar-refractivity contribution < 1.29 is 0 Å². The van der Waals surface area contributed by atoms with Gasteiger partial charge in [-0.2, -0.15) is 4.68 Å². The lowest BCUT2D eigenvalue weighted by atomic mass is 10.1. The van der Waals surface area contributed by atoms with Gasteiger partial charge in [0.05, 0.1) is 5.41 Å². The van der Waals surface area contributed by atoms with Crippen LogP contribution in [0.2, 0.25) is 0 Å². The Balaban J connectivity index is 2.54. The van der Waals surface area contributed by atoms with Gasteiger partial charge in [-0.05, 0) is 6.42 Å². The molecule has 3 N–H and O–H groups in total. The summed E-state index contributed by atoms with van der Waals surface area (Å²) in [5, 5.41) is 10.3. The number of nitrogens with two attached hydrogens (primary N) is 1. The highest BCUT2D eigenvalue weighted by Crippen LogP contribution is 2.63. The van der Waals surface area contributed by atoms with E-state index in [0.29, 0.717) is 6.42 Å². The maximum Gasteiger partial charge on any atom is 0.296 e. The summed E-state index contributed by atoms with van der Waals surface area (Å²) in [6, 6.07) is 0. The first kappa shape index (κ1) is 11.5. The minimum atomic E-state index is -0.963. The third-order valence-corrected chi connectivity index (χ3v) is 4.00. The Kier molecular flexibility index (Phi) is 2.32. The van der Waals surface area contributed by atoms with E-state index in [1.165, 1.54) is 0 Å². The summed E-state index contributed by atoms with van der Waals surface area (Å²) >= 11 is 11.9. The van der Waals surface area contributed by atoms with E-state index in [1.807, 2.05) is 0 Å². The molecule has 0 aromatic carbocycles. The number of hydrogen-bond donors (Lipinski definition) is 2. The van der Waals surface area contributed by atoms with E-state index in [9.17, 15) is 4.79 Å². The van der Waals surface area contributed by atoms with Gasteiger partial charge >= 0.3 is 0 Å². The Hall–Kier alpha value is -1.01. The fourth-order valence-electron chi connectivity index (χ4n) is 1.57. The fraction of sp³-hybridized carbons (Fsp3) is 0.625. The predicted octanol–water partition coefficient (Wildman–Crippen LogP) is 0.229. The highest BCUT2D eigenvalue weighted by atomic mass is 35.5. The molecular weight excluding hydrogens is 253 g/mol. The zero-order chi connectivity index (χ0) is 12.1. The first-order valence-electron chi connectivity index (χ1n) is 4.64. The van der Waals surface area contributed by atoms with Gasteiger partial charge in [-0.1, -0.05) is 6.92 Å². The van der Waals surface area contributed by atoms with Crippen LogP contribution in [0.25, 0.3) is 0 Å². The number of nitrogens with one attached hydrogen (secondary N) is 1. The van der Waals surface area contributed by atoms with E-state index in [1.54, 1.807) is 14.0 Å². The topological polar surface area (TPSA) is 85.8 Å². The highest BCUT2D eigenvalue weighted by Gasteiger charge is 2.66. The van der Waals surface area contributed by atoms with Crippen molar-refractivity contribution in [1.29, 1.82) is 0 Å². The van der Waals surface area contributed by atoms with Crippen LogP contribution in [-0.4, -0.2) is 26.3 Å². The molecule has 1 aliphatic carbocycles. The number of nitrogen functional groups attached to an aromatic ring is 1. The smallest absolute Gasteiger partial charge is 0.296 e. The Bertz CT molecular complexity index is 500. The largest absolute Gasteiger partial charge is 0.356 e. The van der Waals surface area contributed by atoms with Gasteiger partial charge < -0.3 is 11.2 Å². The van der Waals surface area contributed by atoms with E-state index >= 15 is 0 Å². The van der Waals surface area contributed by atoms with Crippen molar-refractivity contribution in [3.05, 3.63) is 16.0 Å².